The second-order valence-electron chi connectivity index (χ2n) is 9.86. The summed E-state index contributed by atoms with van der Waals surface area (Å²) in [4.78, 5) is 22.3. The molecule has 38 heavy (non-hydrogen) atoms. The number of piperazine rings is 1. The molecule has 0 radical (unpaired) electrons. The fourth-order valence-corrected chi connectivity index (χ4v) is 5.08. The number of rotatable bonds is 5. The Hall–Kier alpha value is -4.29. The van der Waals surface area contributed by atoms with Gasteiger partial charge in [-0.25, -0.2) is 9.37 Å². The SMILES string of the molecule is Cc1ccc(C(=O)N2CCN(Cc3c(-c4ccc(F)cc4)nc4ccc(-c5ccccc5)cn34)CC2)cc1. The number of pyridine rings is 1. The van der Waals surface area contributed by atoms with E-state index in [1.54, 1.807) is 12.1 Å². The van der Waals surface area contributed by atoms with E-state index in [9.17, 15) is 9.18 Å². The Kier molecular flexibility index (Phi) is 6.48. The first-order chi connectivity index (χ1) is 18.5. The number of benzene rings is 3. The van der Waals surface area contributed by atoms with Gasteiger partial charge in [0.1, 0.15) is 11.5 Å². The fraction of sp³-hybridized carbons (Fsp3) is 0.188. The number of halogens is 1. The minimum absolute atomic E-state index is 0.0824. The van der Waals surface area contributed by atoms with Crippen LogP contribution in [-0.2, 0) is 6.54 Å². The summed E-state index contributed by atoms with van der Waals surface area (Å²) >= 11 is 0. The molecule has 5 nitrogen and oxygen atoms in total. The molecule has 190 valence electrons. The quantitative estimate of drug-likeness (QED) is 0.292. The first kappa shape index (κ1) is 24.1. The molecule has 1 saturated heterocycles. The van der Waals surface area contributed by atoms with Gasteiger partial charge in [-0.15, -0.1) is 0 Å². The Balaban J connectivity index is 1.29. The summed E-state index contributed by atoms with van der Waals surface area (Å²) in [7, 11) is 0. The van der Waals surface area contributed by atoms with Crippen molar-refractivity contribution in [1.29, 1.82) is 0 Å². The average Bonchev–Trinajstić information content (AvgIpc) is 3.32. The lowest BCUT2D eigenvalue weighted by molar-refractivity contribution is 0.0627. The van der Waals surface area contributed by atoms with Crippen molar-refractivity contribution in [3.8, 4) is 22.4 Å². The summed E-state index contributed by atoms with van der Waals surface area (Å²) in [5.74, 6) is -0.182. The summed E-state index contributed by atoms with van der Waals surface area (Å²) in [6.45, 7) is 5.59. The maximum Gasteiger partial charge on any atom is 0.253 e. The van der Waals surface area contributed by atoms with Crippen LogP contribution in [-0.4, -0.2) is 51.3 Å². The normalized spacial score (nSPS) is 14.2. The van der Waals surface area contributed by atoms with Crippen molar-refractivity contribution in [2.24, 2.45) is 0 Å². The number of nitrogens with zero attached hydrogens (tertiary/aromatic N) is 4. The molecule has 1 amide bonds. The number of amides is 1. The van der Waals surface area contributed by atoms with Crippen LogP contribution < -0.4 is 0 Å². The lowest BCUT2D eigenvalue weighted by Crippen LogP contribution is -2.48. The van der Waals surface area contributed by atoms with Gasteiger partial charge >= 0.3 is 0 Å². The highest BCUT2D eigenvalue weighted by Crippen LogP contribution is 2.29. The van der Waals surface area contributed by atoms with Gasteiger partial charge in [-0.2, -0.15) is 0 Å². The van der Waals surface area contributed by atoms with Crippen LogP contribution in [0.15, 0.2) is 97.2 Å². The summed E-state index contributed by atoms with van der Waals surface area (Å²) < 4.78 is 15.9. The van der Waals surface area contributed by atoms with E-state index in [2.05, 4.69) is 33.7 Å². The molecule has 0 spiro atoms. The third kappa shape index (κ3) is 4.83. The molecule has 0 unspecified atom stereocenters. The van der Waals surface area contributed by atoms with Gasteiger partial charge in [0.15, 0.2) is 0 Å². The van der Waals surface area contributed by atoms with Crippen LogP contribution in [0.2, 0.25) is 0 Å². The second kappa shape index (κ2) is 10.2. The van der Waals surface area contributed by atoms with Crippen LogP contribution in [0.3, 0.4) is 0 Å². The van der Waals surface area contributed by atoms with E-state index in [0.29, 0.717) is 19.6 Å². The number of fused-ring (bicyclic) bond motifs is 1. The predicted molar refractivity (Wildman–Crippen MR) is 148 cm³/mol. The molecule has 1 aliphatic heterocycles. The molecule has 5 aromatic rings. The Bertz CT molecular complexity index is 1570. The van der Waals surface area contributed by atoms with Crippen LogP contribution in [0.25, 0.3) is 28.0 Å². The van der Waals surface area contributed by atoms with Crippen molar-refractivity contribution in [1.82, 2.24) is 19.2 Å². The molecule has 6 rings (SSSR count). The van der Waals surface area contributed by atoms with Gasteiger partial charge in [0.25, 0.3) is 5.91 Å². The molecule has 3 heterocycles. The van der Waals surface area contributed by atoms with Gasteiger partial charge in [0.2, 0.25) is 0 Å². The third-order valence-electron chi connectivity index (χ3n) is 7.27. The second-order valence-corrected chi connectivity index (χ2v) is 9.86. The summed E-state index contributed by atoms with van der Waals surface area (Å²) in [6, 6.07) is 28.7. The molecular formula is C32H29FN4O. The largest absolute Gasteiger partial charge is 0.336 e. The third-order valence-corrected chi connectivity index (χ3v) is 7.27. The van der Waals surface area contributed by atoms with Crippen molar-refractivity contribution in [3.05, 3.63) is 120 Å². The van der Waals surface area contributed by atoms with Gasteiger partial charge in [0, 0.05) is 50.0 Å². The molecule has 0 aliphatic carbocycles. The van der Waals surface area contributed by atoms with E-state index in [4.69, 9.17) is 4.98 Å². The highest BCUT2D eigenvalue weighted by molar-refractivity contribution is 5.94. The van der Waals surface area contributed by atoms with E-state index < -0.39 is 0 Å². The van der Waals surface area contributed by atoms with E-state index in [1.165, 1.54) is 12.1 Å². The lowest BCUT2D eigenvalue weighted by atomic mass is 10.1. The lowest BCUT2D eigenvalue weighted by Gasteiger charge is -2.34. The number of aromatic nitrogens is 2. The summed E-state index contributed by atoms with van der Waals surface area (Å²) in [6.07, 6.45) is 2.14. The molecule has 0 N–H and O–H groups in total. The molecule has 1 aliphatic rings. The van der Waals surface area contributed by atoms with Crippen molar-refractivity contribution >= 4 is 11.6 Å². The van der Waals surface area contributed by atoms with Crippen molar-refractivity contribution < 1.29 is 9.18 Å². The predicted octanol–water partition coefficient (Wildman–Crippen LogP) is 6.07. The van der Waals surface area contributed by atoms with E-state index in [0.717, 1.165) is 57.9 Å². The van der Waals surface area contributed by atoms with Gasteiger partial charge in [-0.3, -0.25) is 9.69 Å². The van der Waals surface area contributed by atoms with Crippen LogP contribution >= 0.6 is 0 Å². The zero-order chi connectivity index (χ0) is 26.1. The van der Waals surface area contributed by atoms with Crippen molar-refractivity contribution in [3.63, 3.8) is 0 Å². The summed E-state index contributed by atoms with van der Waals surface area (Å²) in [5, 5.41) is 0. The molecule has 1 fully saturated rings. The molecule has 0 saturated carbocycles. The van der Waals surface area contributed by atoms with Gasteiger partial charge in [0.05, 0.1) is 11.4 Å². The molecule has 0 bridgehead atoms. The molecule has 0 atom stereocenters. The molecule has 2 aromatic heterocycles. The summed E-state index contributed by atoms with van der Waals surface area (Å²) in [5.41, 5.74) is 7.78. The Morgan fingerprint density at radius 1 is 0.789 bits per heavy atom. The zero-order valence-corrected chi connectivity index (χ0v) is 21.3. The molecular weight excluding hydrogens is 475 g/mol. The number of imidazole rings is 1. The fourth-order valence-electron chi connectivity index (χ4n) is 5.08. The number of hydrogen-bond donors (Lipinski definition) is 0. The highest BCUT2D eigenvalue weighted by Gasteiger charge is 2.24. The average molecular weight is 505 g/mol. The maximum atomic E-state index is 13.7. The van der Waals surface area contributed by atoms with Crippen LogP contribution in [0.1, 0.15) is 21.6 Å². The van der Waals surface area contributed by atoms with Crippen LogP contribution in [0.5, 0.6) is 0 Å². The highest BCUT2D eigenvalue weighted by atomic mass is 19.1. The van der Waals surface area contributed by atoms with Crippen LogP contribution in [0.4, 0.5) is 4.39 Å². The minimum Gasteiger partial charge on any atom is -0.336 e. The van der Waals surface area contributed by atoms with Crippen molar-refractivity contribution in [2.45, 2.75) is 13.5 Å². The topological polar surface area (TPSA) is 40.9 Å². The first-order valence-electron chi connectivity index (χ1n) is 13.0. The number of hydrogen-bond acceptors (Lipinski definition) is 3. The van der Waals surface area contributed by atoms with E-state index in [-0.39, 0.29) is 11.7 Å². The van der Waals surface area contributed by atoms with Gasteiger partial charge in [-0.05, 0) is 66.6 Å². The smallest absolute Gasteiger partial charge is 0.253 e. The zero-order valence-electron chi connectivity index (χ0n) is 21.3. The number of carbonyl (C=O) groups is 1. The van der Waals surface area contributed by atoms with E-state index >= 15 is 0 Å². The first-order valence-corrected chi connectivity index (χ1v) is 13.0. The maximum absolute atomic E-state index is 13.7. The minimum atomic E-state index is -0.264. The van der Waals surface area contributed by atoms with Crippen LogP contribution in [0, 0.1) is 12.7 Å². The van der Waals surface area contributed by atoms with Gasteiger partial charge in [-0.1, -0.05) is 48.0 Å². The standard InChI is InChI=1S/C32H29FN4O/c1-23-7-9-26(10-8-23)32(38)36-19-17-35(18-20-36)22-29-31(25-11-14-28(33)15-12-25)34-30-16-13-27(21-37(29)30)24-5-3-2-4-6-24/h2-16,21H,17-20,22H2,1H3. The molecule has 3 aromatic carbocycles. The van der Waals surface area contributed by atoms with E-state index in [1.807, 2.05) is 60.4 Å². The molecule has 6 heteroatoms. The van der Waals surface area contributed by atoms with Gasteiger partial charge < -0.3 is 9.30 Å². The number of carbonyl (C=O) groups excluding carboxylic acids is 1. The Morgan fingerprint density at radius 2 is 1.47 bits per heavy atom. The Morgan fingerprint density at radius 3 is 2.18 bits per heavy atom. The Labute approximate surface area is 221 Å². The number of aryl methyl sites for hydroxylation is 1. The monoisotopic (exact) mass is 504 g/mol. The van der Waals surface area contributed by atoms with Crippen molar-refractivity contribution in [2.75, 3.05) is 26.2 Å².